The Labute approximate surface area is 172 Å². The Bertz CT molecular complexity index is 1040. The maximum absolute atomic E-state index is 13.4. The molecule has 4 aromatic rings. The predicted molar refractivity (Wildman–Crippen MR) is 112 cm³/mol. The second kappa shape index (κ2) is 7.56. The number of nitrogens with one attached hydrogen (secondary N) is 1. The molecule has 5 nitrogen and oxygen atoms in total. The van der Waals surface area contributed by atoms with Crippen molar-refractivity contribution < 1.29 is 9.53 Å². The minimum atomic E-state index is -0.406. The lowest BCUT2D eigenvalue weighted by Gasteiger charge is -2.28. The molecule has 1 amide bonds. The quantitative estimate of drug-likeness (QED) is 0.532. The van der Waals surface area contributed by atoms with Crippen LogP contribution in [-0.4, -0.2) is 22.2 Å². The first-order chi connectivity index (χ1) is 14.3. The Hall–Kier alpha value is -3.38. The lowest BCUT2D eigenvalue weighted by Crippen LogP contribution is -2.36. The number of carbonyl (C=O) groups is 1. The summed E-state index contributed by atoms with van der Waals surface area (Å²) in [6, 6.07) is 19.4. The molecule has 1 atom stereocenters. The molecule has 0 bridgehead atoms. The van der Waals surface area contributed by atoms with E-state index in [1.165, 1.54) is 0 Å². The molecule has 2 aromatic heterocycles. The first kappa shape index (κ1) is 17.7. The van der Waals surface area contributed by atoms with E-state index in [4.69, 9.17) is 4.74 Å². The number of nitrogens with zero attached hydrogens (tertiary/aromatic N) is 2. The van der Waals surface area contributed by atoms with Gasteiger partial charge in [-0.25, -0.2) is 0 Å². The zero-order valence-electron chi connectivity index (χ0n) is 15.6. The van der Waals surface area contributed by atoms with Crippen LogP contribution in [0.3, 0.4) is 0 Å². The van der Waals surface area contributed by atoms with Gasteiger partial charge < -0.3 is 10.1 Å². The van der Waals surface area contributed by atoms with E-state index < -0.39 is 5.92 Å². The highest BCUT2D eigenvalue weighted by atomic mass is 32.1. The molecule has 5 rings (SSSR count). The molecule has 2 aromatic carbocycles. The van der Waals surface area contributed by atoms with E-state index in [9.17, 15) is 4.79 Å². The van der Waals surface area contributed by atoms with Crippen LogP contribution < -0.4 is 10.1 Å². The van der Waals surface area contributed by atoms with Gasteiger partial charge in [0.05, 0.1) is 12.0 Å². The molecular formula is C23H19N3O2S. The molecular weight excluding hydrogens is 382 g/mol. The van der Waals surface area contributed by atoms with Gasteiger partial charge in [-0.1, -0.05) is 36.4 Å². The van der Waals surface area contributed by atoms with Gasteiger partial charge in [0, 0.05) is 30.1 Å². The van der Waals surface area contributed by atoms with Gasteiger partial charge in [-0.15, -0.1) is 0 Å². The SMILES string of the molecule is O=C(NC[C@@H](c1ccsc1)n1cccn1)C1c2ccccc2Oc2ccccc21. The summed E-state index contributed by atoms with van der Waals surface area (Å²) in [5.41, 5.74) is 2.90. The molecule has 0 saturated heterocycles. The van der Waals surface area contributed by atoms with Crippen LogP contribution in [-0.2, 0) is 4.79 Å². The first-order valence-corrected chi connectivity index (χ1v) is 10.4. The summed E-state index contributed by atoms with van der Waals surface area (Å²) in [7, 11) is 0. The Balaban J connectivity index is 1.44. The number of ether oxygens (including phenoxy) is 1. The Morgan fingerprint density at radius 1 is 1.07 bits per heavy atom. The van der Waals surface area contributed by atoms with Gasteiger partial charge in [-0.3, -0.25) is 9.48 Å². The summed E-state index contributed by atoms with van der Waals surface area (Å²) in [6.45, 7) is 0.457. The van der Waals surface area contributed by atoms with Crippen molar-refractivity contribution in [2.75, 3.05) is 6.54 Å². The van der Waals surface area contributed by atoms with Crippen molar-refractivity contribution in [2.24, 2.45) is 0 Å². The van der Waals surface area contributed by atoms with Gasteiger partial charge in [0.25, 0.3) is 0 Å². The number of para-hydroxylation sites is 2. The fourth-order valence-corrected chi connectivity index (χ4v) is 4.49. The molecule has 6 heteroatoms. The van der Waals surface area contributed by atoms with Crippen LogP contribution in [0, 0.1) is 0 Å². The van der Waals surface area contributed by atoms with Crippen molar-refractivity contribution in [3.63, 3.8) is 0 Å². The number of thiophene rings is 1. The molecule has 0 fully saturated rings. The van der Waals surface area contributed by atoms with Crippen molar-refractivity contribution in [3.8, 4) is 11.5 Å². The van der Waals surface area contributed by atoms with Gasteiger partial charge in [-0.2, -0.15) is 16.4 Å². The Morgan fingerprint density at radius 3 is 2.41 bits per heavy atom. The standard InChI is InChI=1S/C23H19N3O2S/c27-23(24-14-19(16-10-13-29-15-16)26-12-5-11-25-26)22-17-6-1-3-8-20(17)28-21-9-4-2-7-18(21)22/h1-13,15,19,22H,14H2,(H,24,27)/t19-/m0/s1. The maximum atomic E-state index is 13.4. The number of carbonyl (C=O) groups excluding carboxylic acids is 1. The number of rotatable bonds is 5. The molecule has 1 aliphatic heterocycles. The number of amides is 1. The van der Waals surface area contributed by atoms with Crippen LogP contribution in [0.5, 0.6) is 11.5 Å². The highest BCUT2D eigenvalue weighted by Gasteiger charge is 2.32. The number of aromatic nitrogens is 2. The highest BCUT2D eigenvalue weighted by Crippen LogP contribution is 2.43. The van der Waals surface area contributed by atoms with Crippen LogP contribution in [0.4, 0.5) is 0 Å². The molecule has 1 N–H and O–H groups in total. The average molecular weight is 401 g/mol. The normalized spacial score (nSPS) is 13.8. The lowest BCUT2D eigenvalue weighted by atomic mass is 9.87. The van der Waals surface area contributed by atoms with Gasteiger partial charge in [0.2, 0.25) is 5.91 Å². The summed E-state index contributed by atoms with van der Waals surface area (Å²) in [4.78, 5) is 13.4. The number of hydrogen-bond donors (Lipinski definition) is 1. The number of fused-ring (bicyclic) bond motifs is 2. The number of hydrogen-bond acceptors (Lipinski definition) is 4. The second-order valence-corrected chi connectivity index (χ2v) is 7.69. The highest BCUT2D eigenvalue weighted by molar-refractivity contribution is 7.08. The summed E-state index contributed by atoms with van der Waals surface area (Å²) in [5.74, 6) is 1.01. The van der Waals surface area contributed by atoms with Crippen LogP contribution in [0.25, 0.3) is 0 Å². The molecule has 3 heterocycles. The van der Waals surface area contributed by atoms with Crippen LogP contribution in [0.15, 0.2) is 83.8 Å². The van der Waals surface area contributed by atoms with Gasteiger partial charge in [0.1, 0.15) is 11.5 Å². The number of benzene rings is 2. The van der Waals surface area contributed by atoms with E-state index in [2.05, 4.69) is 21.9 Å². The third-order valence-electron chi connectivity index (χ3n) is 5.18. The molecule has 1 aliphatic rings. The summed E-state index contributed by atoms with van der Waals surface area (Å²) in [6.07, 6.45) is 3.68. The summed E-state index contributed by atoms with van der Waals surface area (Å²) < 4.78 is 7.89. The molecule has 144 valence electrons. The second-order valence-electron chi connectivity index (χ2n) is 6.91. The van der Waals surface area contributed by atoms with Gasteiger partial charge >= 0.3 is 0 Å². The molecule has 0 unspecified atom stereocenters. The summed E-state index contributed by atoms with van der Waals surface area (Å²) in [5, 5.41) is 11.7. The smallest absolute Gasteiger partial charge is 0.232 e. The largest absolute Gasteiger partial charge is 0.457 e. The summed E-state index contributed by atoms with van der Waals surface area (Å²) >= 11 is 1.64. The Morgan fingerprint density at radius 2 is 1.79 bits per heavy atom. The topological polar surface area (TPSA) is 56.2 Å². The molecule has 0 aliphatic carbocycles. The Kier molecular flexibility index (Phi) is 4.62. The van der Waals surface area contributed by atoms with Crippen molar-refractivity contribution in [2.45, 2.75) is 12.0 Å². The lowest BCUT2D eigenvalue weighted by molar-refractivity contribution is -0.121. The molecule has 29 heavy (non-hydrogen) atoms. The van der Waals surface area contributed by atoms with E-state index in [-0.39, 0.29) is 11.9 Å². The van der Waals surface area contributed by atoms with Crippen LogP contribution >= 0.6 is 11.3 Å². The van der Waals surface area contributed by atoms with E-state index in [1.54, 1.807) is 17.5 Å². The minimum absolute atomic E-state index is 0.0411. The predicted octanol–water partition coefficient (Wildman–Crippen LogP) is 4.59. The molecule has 0 radical (unpaired) electrons. The minimum Gasteiger partial charge on any atom is -0.457 e. The third-order valence-corrected chi connectivity index (χ3v) is 5.89. The zero-order chi connectivity index (χ0) is 19.6. The van der Waals surface area contributed by atoms with E-state index in [0.29, 0.717) is 6.54 Å². The van der Waals surface area contributed by atoms with E-state index >= 15 is 0 Å². The average Bonchev–Trinajstić information content (AvgIpc) is 3.47. The third kappa shape index (κ3) is 3.32. The molecule has 0 saturated carbocycles. The first-order valence-electron chi connectivity index (χ1n) is 9.46. The van der Waals surface area contributed by atoms with Gasteiger partial charge in [-0.05, 0) is 40.6 Å². The molecule has 0 spiro atoms. The van der Waals surface area contributed by atoms with Crippen molar-refractivity contribution in [1.82, 2.24) is 15.1 Å². The van der Waals surface area contributed by atoms with Crippen LogP contribution in [0.1, 0.15) is 28.7 Å². The maximum Gasteiger partial charge on any atom is 0.232 e. The fraction of sp³-hybridized carbons (Fsp3) is 0.130. The van der Waals surface area contributed by atoms with Crippen molar-refractivity contribution in [3.05, 3.63) is 101 Å². The fourth-order valence-electron chi connectivity index (χ4n) is 3.79. The zero-order valence-corrected chi connectivity index (χ0v) is 16.4. The van der Waals surface area contributed by atoms with Crippen LogP contribution in [0.2, 0.25) is 0 Å². The van der Waals surface area contributed by atoms with Gasteiger partial charge in [0.15, 0.2) is 0 Å². The van der Waals surface area contributed by atoms with E-state index in [0.717, 1.165) is 28.2 Å². The monoisotopic (exact) mass is 401 g/mol. The van der Waals surface area contributed by atoms with Crippen molar-refractivity contribution in [1.29, 1.82) is 0 Å². The van der Waals surface area contributed by atoms with E-state index in [1.807, 2.05) is 70.9 Å². The van der Waals surface area contributed by atoms with Crippen molar-refractivity contribution >= 4 is 17.2 Å².